The quantitative estimate of drug-likeness (QED) is 0.523. The predicted octanol–water partition coefficient (Wildman–Crippen LogP) is 6.46. The lowest BCUT2D eigenvalue weighted by molar-refractivity contribution is 0.182. The molecule has 1 fully saturated rings. The summed E-state index contributed by atoms with van der Waals surface area (Å²) in [4.78, 5) is 11.5. The van der Waals surface area contributed by atoms with E-state index in [2.05, 4.69) is 58.2 Å². The first-order chi connectivity index (χ1) is 16.2. The summed E-state index contributed by atoms with van der Waals surface area (Å²) < 4.78 is 15.2. The Balaban J connectivity index is 1.57. The van der Waals surface area contributed by atoms with Crippen molar-refractivity contribution >= 4 is 35.2 Å². The van der Waals surface area contributed by atoms with Crippen molar-refractivity contribution < 1.29 is 4.39 Å². The van der Waals surface area contributed by atoms with Gasteiger partial charge in [-0.15, -0.1) is 0 Å². The van der Waals surface area contributed by atoms with E-state index in [1.165, 1.54) is 0 Å². The van der Waals surface area contributed by atoms with Crippen molar-refractivity contribution in [2.45, 2.75) is 65.3 Å². The second-order valence-electron chi connectivity index (χ2n) is 9.77. The minimum atomic E-state index is -0.290. The molecule has 3 unspecified atom stereocenters. The molecule has 0 radical (unpaired) electrons. The van der Waals surface area contributed by atoms with Crippen LogP contribution in [0.2, 0.25) is 0 Å². The number of hydrogen-bond donors (Lipinski definition) is 2. The van der Waals surface area contributed by atoms with Crippen molar-refractivity contribution in [3.63, 3.8) is 0 Å². The Morgan fingerprint density at radius 1 is 1.21 bits per heavy atom. The molecule has 3 heterocycles. The van der Waals surface area contributed by atoms with Gasteiger partial charge >= 0.3 is 0 Å². The highest BCUT2D eigenvalue weighted by atomic mass is 35.5. The topological polar surface area (TPSA) is 68.7 Å². The Morgan fingerprint density at radius 3 is 2.71 bits per heavy atom. The van der Waals surface area contributed by atoms with E-state index in [9.17, 15) is 0 Å². The number of nitrogens with one attached hydrogen (secondary N) is 2. The van der Waals surface area contributed by atoms with Crippen LogP contribution in [0.4, 0.5) is 15.9 Å². The lowest BCUT2D eigenvalue weighted by Gasteiger charge is -2.35. The van der Waals surface area contributed by atoms with E-state index in [1.807, 2.05) is 19.1 Å². The van der Waals surface area contributed by atoms with Crippen LogP contribution in [-0.2, 0) is 0 Å². The number of hydrogen-bond acceptors (Lipinski definition) is 4. The van der Waals surface area contributed by atoms with Gasteiger partial charge in [0, 0.05) is 35.6 Å². The largest absolute Gasteiger partial charge is 0.341 e. The number of aromatic nitrogens is 2. The van der Waals surface area contributed by atoms with E-state index >= 15 is 4.39 Å². The lowest BCUT2D eigenvalue weighted by Crippen LogP contribution is -2.37. The number of aromatic amines is 1. The van der Waals surface area contributed by atoms with Gasteiger partial charge in [0.2, 0.25) is 0 Å². The summed E-state index contributed by atoms with van der Waals surface area (Å²) in [7, 11) is 2.16. The number of piperidine rings is 1. The molecule has 8 heteroatoms. The highest BCUT2D eigenvalue weighted by molar-refractivity contribution is 6.40. The molecule has 1 aromatic heterocycles. The van der Waals surface area contributed by atoms with Gasteiger partial charge in [0.1, 0.15) is 17.3 Å². The van der Waals surface area contributed by atoms with Gasteiger partial charge in [-0.05, 0) is 89.2 Å². The molecule has 0 saturated carbocycles. The van der Waals surface area contributed by atoms with Crippen LogP contribution >= 0.6 is 11.6 Å². The van der Waals surface area contributed by atoms with Crippen LogP contribution in [0.1, 0.15) is 62.3 Å². The Labute approximate surface area is 206 Å². The summed E-state index contributed by atoms with van der Waals surface area (Å²) in [5, 5.41) is 10.9. The molecule has 2 N–H and O–H groups in total. The second-order valence-corrected chi connectivity index (χ2v) is 10.2. The van der Waals surface area contributed by atoms with Crippen molar-refractivity contribution in [3.8, 4) is 0 Å². The van der Waals surface area contributed by atoms with Crippen molar-refractivity contribution in [2.24, 2.45) is 15.9 Å². The number of aliphatic imine (C=N–C) groups is 2. The van der Waals surface area contributed by atoms with E-state index in [0.29, 0.717) is 34.9 Å². The van der Waals surface area contributed by atoms with Crippen molar-refractivity contribution in [1.29, 1.82) is 0 Å². The summed E-state index contributed by atoms with van der Waals surface area (Å²) in [6.45, 7) is 9.34. The first-order valence-electron chi connectivity index (χ1n) is 12.0. The van der Waals surface area contributed by atoms with E-state index in [4.69, 9.17) is 11.6 Å². The molecule has 0 amide bonds. The fraction of sp³-hybridized carbons (Fsp3) is 0.500. The Kier molecular flexibility index (Phi) is 7.53. The zero-order valence-electron chi connectivity index (χ0n) is 20.6. The number of benzene rings is 1. The van der Waals surface area contributed by atoms with Crippen LogP contribution in [0.25, 0.3) is 0 Å². The molecular formula is C26H34ClFN6. The maximum Gasteiger partial charge on any atom is 0.152 e. The van der Waals surface area contributed by atoms with E-state index in [-0.39, 0.29) is 11.7 Å². The number of nitrogens with zero attached hydrogens (tertiary/aromatic N) is 4. The fourth-order valence-corrected chi connectivity index (χ4v) is 4.93. The number of likely N-dealkylation sites (tertiary alicyclic amines) is 1. The van der Waals surface area contributed by atoms with Gasteiger partial charge < -0.3 is 10.2 Å². The monoisotopic (exact) mass is 484 g/mol. The molecular weight excluding hydrogens is 451 g/mol. The fourth-order valence-electron chi connectivity index (χ4n) is 4.74. The molecule has 3 atom stereocenters. The summed E-state index contributed by atoms with van der Waals surface area (Å²) >= 11 is 6.51. The molecule has 0 bridgehead atoms. The molecule has 0 aliphatic carbocycles. The maximum atomic E-state index is 15.2. The average Bonchev–Trinajstić information content (AvgIpc) is 3.21. The Bertz CT molecular complexity index is 1130. The van der Waals surface area contributed by atoms with Crippen LogP contribution in [0.15, 0.2) is 38.9 Å². The number of anilines is 1. The van der Waals surface area contributed by atoms with Crippen molar-refractivity contribution in [3.05, 3.63) is 51.6 Å². The van der Waals surface area contributed by atoms with E-state index in [0.717, 1.165) is 54.1 Å². The predicted molar refractivity (Wildman–Crippen MR) is 139 cm³/mol. The third-order valence-corrected chi connectivity index (χ3v) is 7.40. The zero-order chi connectivity index (χ0) is 24.4. The molecule has 0 spiro atoms. The number of allylic oxidation sites excluding steroid dienone is 2. The molecule has 4 rings (SSSR count). The molecule has 2 aliphatic rings. The van der Waals surface area contributed by atoms with Gasteiger partial charge in [0.25, 0.3) is 0 Å². The molecule has 1 saturated heterocycles. The standard InChI is InChI=1S/C26H34ClFN6/c1-15-6-7-23(30-25-11-17(3)32-33-25)21(27)14-29-26(15)31-24-10-16(2)20(13-22(24)28)19-8-9-34(5)18(4)12-19/h10-11,13-15,18-19H,6-9,12H2,1-5H3,(H2,30,32,33). The molecule has 34 heavy (non-hydrogen) atoms. The number of aryl methyl sites for hydroxylation is 2. The van der Waals surface area contributed by atoms with Crippen molar-refractivity contribution in [1.82, 2.24) is 15.1 Å². The molecule has 2 aromatic rings. The van der Waals surface area contributed by atoms with Gasteiger partial charge in [-0.2, -0.15) is 5.10 Å². The Hall–Kier alpha value is -2.51. The molecule has 182 valence electrons. The van der Waals surface area contributed by atoms with Gasteiger partial charge in [-0.1, -0.05) is 18.5 Å². The lowest BCUT2D eigenvalue weighted by atomic mass is 9.84. The number of amidine groups is 1. The second kappa shape index (κ2) is 10.4. The van der Waals surface area contributed by atoms with Gasteiger partial charge in [0.15, 0.2) is 5.82 Å². The normalized spacial score (nSPS) is 25.5. The molecule has 2 aliphatic heterocycles. The summed E-state index contributed by atoms with van der Waals surface area (Å²) in [5.74, 6) is 1.45. The van der Waals surface area contributed by atoms with Gasteiger partial charge in [0.05, 0.1) is 5.03 Å². The highest BCUT2D eigenvalue weighted by Crippen LogP contribution is 2.36. The zero-order valence-corrected chi connectivity index (χ0v) is 21.4. The van der Waals surface area contributed by atoms with Crippen molar-refractivity contribution in [2.75, 3.05) is 18.9 Å². The van der Waals surface area contributed by atoms with Crippen LogP contribution in [0.5, 0.6) is 0 Å². The molecule has 6 nitrogen and oxygen atoms in total. The van der Waals surface area contributed by atoms with Crippen LogP contribution in [0.3, 0.4) is 0 Å². The van der Waals surface area contributed by atoms with Crippen LogP contribution in [-0.4, -0.2) is 46.8 Å². The third kappa shape index (κ3) is 5.58. The van der Waals surface area contributed by atoms with Crippen LogP contribution in [0, 0.1) is 25.6 Å². The van der Waals surface area contributed by atoms with Crippen LogP contribution < -0.4 is 5.32 Å². The number of rotatable bonds is 4. The first-order valence-corrected chi connectivity index (χ1v) is 12.4. The minimum Gasteiger partial charge on any atom is -0.341 e. The molecule has 1 aromatic carbocycles. The van der Waals surface area contributed by atoms with E-state index < -0.39 is 0 Å². The smallest absolute Gasteiger partial charge is 0.152 e. The first kappa shape index (κ1) is 24.6. The third-order valence-electron chi connectivity index (χ3n) is 7.07. The summed E-state index contributed by atoms with van der Waals surface area (Å²) in [6.07, 6.45) is 5.19. The van der Waals surface area contributed by atoms with Gasteiger partial charge in [-0.25, -0.2) is 14.4 Å². The highest BCUT2D eigenvalue weighted by Gasteiger charge is 2.26. The number of halogens is 2. The maximum absolute atomic E-state index is 15.2. The summed E-state index contributed by atoms with van der Waals surface area (Å²) in [5.41, 5.74) is 4.36. The van der Waals surface area contributed by atoms with Gasteiger partial charge in [-0.3, -0.25) is 5.10 Å². The Morgan fingerprint density at radius 2 is 2.00 bits per heavy atom. The minimum absolute atomic E-state index is 0.0489. The van der Waals surface area contributed by atoms with E-state index in [1.54, 1.807) is 12.3 Å². The number of H-pyrrole nitrogens is 1. The SMILES string of the molecule is Cc1cc(NC2=C(Cl)C=NC(=Nc3cc(C)c(C4CCN(C)C(C)C4)cc3F)C(C)CC2)n[nH]1. The average molecular weight is 485 g/mol. The summed E-state index contributed by atoms with van der Waals surface area (Å²) in [6, 6.07) is 5.98.